The summed E-state index contributed by atoms with van der Waals surface area (Å²) in [5.74, 6) is 1.47. The Labute approximate surface area is 71.7 Å². The van der Waals surface area contributed by atoms with Crippen LogP contribution in [0.3, 0.4) is 0 Å². The first kappa shape index (κ1) is 8.33. The summed E-state index contributed by atoms with van der Waals surface area (Å²) in [6.45, 7) is 2.74. The second-order valence-corrected chi connectivity index (χ2v) is 2.62. The van der Waals surface area contributed by atoms with Crippen molar-refractivity contribution in [3.8, 4) is 0 Å². The number of aryl methyl sites for hydroxylation is 1. The fourth-order valence-electron chi connectivity index (χ4n) is 0.702. The van der Waals surface area contributed by atoms with E-state index < -0.39 is 0 Å². The predicted octanol–water partition coefficient (Wildman–Crippen LogP) is 1.13. The molecule has 0 fully saturated rings. The van der Waals surface area contributed by atoms with Gasteiger partial charge in [-0.05, 0) is 13.0 Å². The van der Waals surface area contributed by atoms with Gasteiger partial charge >= 0.3 is 0 Å². The molecule has 1 aromatic heterocycles. The van der Waals surface area contributed by atoms with E-state index in [0.29, 0.717) is 5.95 Å². The van der Waals surface area contributed by atoms with E-state index in [1.165, 1.54) is 0 Å². The molecule has 0 saturated heterocycles. The standard InChI is InChI=1S/C7H11N3S/c1-6-2-3-8-7(10-6)9-4-5-11/h2-3,11H,4-5H2,1H3,(H,8,9,10). The molecule has 4 heteroatoms. The molecule has 1 rings (SSSR count). The first-order valence-electron chi connectivity index (χ1n) is 3.47. The van der Waals surface area contributed by atoms with Gasteiger partial charge in [0.25, 0.3) is 0 Å². The van der Waals surface area contributed by atoms with Crippen LogP contribution in [-0.2, 0) is 0 Å². The maximum absolute atomic E-state index is 4.15. The molecule has 0 bridgehead atoms. The minimum atomic E-state index is 0.680. The molecule has 0 aliphatic carbocycles. The average Bonchev–Trinajstić information content (AvgIpc) is 2.01. The lowest BCUT2D eigenvalue weighted by Gasteiger charge is -2.01. The second kappa shape index (κ2) is 4.18. The van der Waals surface area contributed by atoms with Crippen molar-refractivity contribution in [3.05, 3.63) is 18.0 Å². The molecule has 3 nitrogen and oxygen atoms in total. The van der Waals surface area contributed by atoms with E-state index in [1.54, 1.807) is 6.20 Å². The van der Waals surface area contributed by atoms with Crippen molar-refractivity contribution in [3.63, 3.8) is 0 Å². The van der Waals surface area contributed by atoms with Crippen LogP contribution in [0, 0.1) is 6.92 Å². The summed E-state index contributed by atoms with van der Waals surface area (Å²) in [6, 6.07) is 1.87. The topological polar surface area (TPSA) is 37.8 Å². The molecule has 1 heterocycles. The molecular formula is C7H11N3S. The van der Waals surface area contributed by atoms with Gasteiger partial charge < -0.3 is 5.32 Å². The van der Waals surface area contributed by atoms with Gasteiger partial charge in [-0.3, -0.25) is 0 Å². The van der Waals surface area contributed by atoms with Crippen LogP contribution in [0.15, 0.2) is 12.3 Å². The summed E-state index contributed by atoms with van der Waals surface area (Å²) in [5, 5.41) is 3.04. The van der Waals surface area contributed by atoms with E-state index >= 15 is 0 Å². The molecule has 1 N–H and O–H groups in total. The van der Waals surface area contributed by atoms with Crippen LogP contribution in [-0.4, -0.2) is 22.3 Å². The third-order valence-electron chi connectivity index (χ3n) is 1.19. The van der Waals surface area contributed by atoms with Crippen molar-refractivity contribution in [1.29, 1.82) is 0 Å². The highest BCUT2D eigenvalue weighted by molar-refractivity contribution is 7.80. The van der Waals surface area contributed by atoms with E-state index in [-0.39, 0.29) is 0 Å². The Balaban J connectivity index is 2.56. The van der Waals surface area contributed by atoms with Gasteiger partial charge in [-0.2, -0.15) is 12.6 Å². The maximum atomic E-state index is 4.15. The van der Waals surface area contributed by atoms with Crippen LogP contribution in [0.2, 0.25) is 0 Å². The number of rotatable bonds is 3. The Hall–Kier alpha value is -0.770. The number of nitrogens with zero attached hydrogens (tertiary/aromatic N) is 2. The van der Waals surface area contributed by atoms with E-state index in [9.17, 15) is 0 Å². The minimum absolute atomic E-state index is 0.680. The smallest absolute Gasteiger partial charge is 0.222 e. The zero-order valence-corrected chi connectivity index (χ0v) is 7.30. The Morgan fingerprint density at radius 2 is 2.45 bits per heavy atom. The number of thiol groups is 1. The minimum Gasteiger partial charge on any atom is -0.353 e. The number of anilines is 1. The highest BCUT2D eigenvalue weighted by Gasteiger charge is 1.92. The average molecular weight is 169 g/mol. The fourth-order valence-corrected chi connectivity index (χ4v) is 0.814. The van der Waals surface area contributed by atoms with Crippen LogP contribution in [0.4, 0.5) is 5.95 Å². The summed E-state index contributed by atoms with van der Waals surface area (Å²) in [5.41, 5.74) is 0.974. The van der Waals surface area contributed by atoms with Gasteiger partial charge in [0.1, 0.15) is 0 Å². The fraction of sp³-hybridized carbons (Fsp3) is 0.429. The Kier molecular flexibility index (Phi) is 3.16. The zero-order chi connectivity index (χ0) is 8.10. The van der Waals surface area contributed by atoms with E-state index in [1.807, 2.05) is 13.0 Å². The molecule has 0 unspecified atom stereocenters. The largest absolute Gasteiger partial charge is 0.353 e. The summed E-state index contributed by atoms with van der Waals surface area (Å²) in [6.07, 6.45) is 1.74. The molecule has 0 atom stereocenters. The predicted molar refractivity (Wildman–Crippen MR) is 49.1 cm³/mol. The Morgan fingerprint density at radius 3 is 3.09 bits per heavy atom. The molecular weight excluding hydrogens is 158 g/mol. The van der Waals surface area contributed by atoms with Crippen molar-refractivity contribution >= 4 is 18.6 Å². The lowest BCUT2D eigenvalue weighted by molar-refractivity contribution is 1.06. The van der Waals surface area contributed by atoms with Gasteiger partial charge in [0.05, 0.1) is 0 Å². The Morgan fingerprint density at radius 1 is 1.64 bits per heavy atom. The molecule has 1 aromatic rings. The third-order valence-corrected chi connectivity index (χ3v) is 1.41. The van der Waals surface area contributed by atoms with Crippen LogP contribution in [0.1, 0.15) is 5.69 Å². The molecule has 0 aromatic carbocycles. The normalized spacial score (nSPS) is 9.64. The summed E-state index contributed by atoms with van der Waals surface area (Å²) >= 11 is 4.06. The van der Waals surface area contributed by atoms with E-state index in [0.717, 1.165) is 18.0 Å². The number of aromatic nitrogens is 2. The molecule has 0 amide bonds. The number of nitrogens with one attached hydrogen (secondary N) is 1. The first-order valence-corrected chi connectivity index (χ1v) is 4.10. The molecule has 0 aliphatic heterocycles. The van der Waals surface area contributed by atoms with Crippen molar-refractivity contribution in [2.45, 2.75) is 6.92 Å². The van der Waals surface area contributed by atoms with Crippen LogP contribution in [0.5, 0.6) is 0 Å². The molecule has 60 valence electrons. The van der Waals surface area contributed by atoms with Crippen molar-refractivity contribution in [2.75, 3.05) is 17.6 Å². The van der Waals surface area contributed by atoms with Crippen LogP contribution in [0.25, 0.3) is 0 Å². The van der Waals surface area contributed by atoms with Gasteiger partial charge in [-0.15, -0.1) is 0 Å². The summed E-state index contributed by atoms with van der Waals surface area (Å²) in [4.78, 5) is 8.18. The third kappa shape index (κ3) is 2.76. The SMILES string of the molecule is Cc1ccnc(NCCS)n1. The lowest BCUT2D eigenvalue weighted by Crippen LogP contribution is -2.06. The number of hydrogen-bond donors (Lipinski definition) is 2. The Bertz CT molecular complexity index is 227. The van der Waals surface area contributed by atoms with Crippen LogP contribution < -0.4 is 5.32 Å². The second-order valence-electron chi connectivity index (χ2n) is 2.17. The van der Waals surface area contributed by atoms with Crippen molar-refractivity contribution in [2.24, 2.45) is 0 Å². The first-order chi connectivity index (χ1) is 5.33. The monoisotopic (exact) mass is 169 g/mol. The molecule has 0 radical (unpaired) electrons. The summed E-state index contributed by atoms with van der Waals surface area (Å²) < 4.78 is 0. The van der Waals surface area contributed by atoms with Gasteiger partial charge in [0, 0.05) is 24.2 Å². The van der Waals surface area contributed by atoms with Crippen molar-refractivity contribution < 1.29 is 0 Å². The van der Waals surface area contributed by atoms with Crippen molar-refractivity contribution in [1.82, 2.24) is 9.97 Å². The molecule has 0 saturated carbocycles. The highest BCUT2D eigenvalue weighted by atomic mass is 32.1. The van der Waals surface area contributed by atoms with Gasteiger partial charge in [-0.1, -0.05) is 0 Å². The lowest BCUT2D eigenvalue weighted by atomic mass is 10.5. The van der Waals surface area contributed by atoms with E-state index in [4.69, 9.17) is 0 Å². The van der Waals surface area contributed by atoms with Gasteiger partial charge in [-0.25, -0.2) is 9.97 Å². The number of hydrogen-bond acceptors (Lipinski definition) is 4. The quantitative estimate of drug-likeness (QED) is 0.666. The zero-order valence-electron chi connectivity index (χ0n) is 6.41. The molecule has 0 aliphatic rings. The van der Waals surface area contributed by atoms with Gasteiger partial charge in [0.2, 0.25) is 5.95 Å². The molecule has 11 heavy (non-hydrogen) atoms. The maximum Gasteiger partial charge on any atom is 0.222 e. The van der Waals surface area contributed by atoms with Gasteiger partial charge in [0.15, 0.2) is 0 Å². The summed E-state index contributed by atoms with van der Waals surface area (Å²) in [7, 11) is 0. The van der Waals surface area contributed by atoms with Crippen LogP contribution >= 0.6 is 12.6 Å². The molecule has 0 spiro atoms. The highest BCUT2D eigenvalue weighted by Crippen LogP contribution is 1.97. The van der Waals surface area contributed by atoms with E-state index in [2.05, 4.69) is 27.9 Å².